The summed E-state index contributed by atoms with van der Waals surface area (Å²) in [6.07, 6.45) is 8.77. The monoisotopic (exact) mass is 216 g/mol. The van der Waals surface area contributed by atoms with E-state index in [0.29, 0.717) is 6.61 Å². The Labute approximate surface area is 95.9 Å². The Morgan fingerprint density at radius 1 is 0.800 bits per heavy atom. The smallest absolute Gasteiger partial charge is 0.0782 e. The Bertz CT molecular complexity index is 134. The van der Waals surface area contributed by atoms with Crippen molar-refractivity contribution in [2.24, 2.45) is 0 Å². The van der Waals surface area contributed by atoms with Gasteiger partial charge in [-0.2, -0.15) is 0 Å². The number of hydrogen-bond acceptors (Lipinski definition) is 1. The Hall–Kier alpha value is -0.0800. The van der Waals surface area contributed by atoms with Gasteiger partial charge in [0, 0.05) is 6.61 Å². The minimum atomic E-state index is 0.359. The van der Waals surface area contributed by atoms with Crippen molar-refractivity contribution in [3.63, 3.8) is 0 Å². The van der Waals surface area contributed by atoms with Gasteiger partial charge in [-0.05, 0) is 25.7 Å². The van der Waals surface area contributed by atoms with Gasteiger partial charge in [-0.15, -0.1) is 0 Å². The molecule has 0 aliphatic rings. The van der Waals surface area contributed by atoms with E-state index in [4.69, 9.17) is 5.11 Å². The lowest BCUT2D eigenvalue weighted by Crippen LogP contribution is -2.41. The van der Waals surface area contributed by atoms with E-state index in [1.807, 2.05) is 0 Å². The van der Waals surface area contributed by atoms with Crippen molar-refractivity contribution in [1.29, 1.82) is 0 Å². The molecule has 0 bridgehead atoms. The molecule has 2 heteroatoms. The second-order valence-electron chi connectivity index (χ2n) is 5.23. The van der Waals surface area contributed by atoms with Gasteiger partial charge in [-0.25, -0.2) is 0 Å². The Balaban J connectivity index is 3.32. The summed E-state index contributed by atoms with van der Waals surface area (Å²) in [6.45, 7) is 5.24. The average molecular weight is 216 g/mol. The zero-order valence-corrected chi connectivity index (χ0v) is 11.0. The van der Waals surface area contributed by atoms with Gasteiger partial charge in [0.15, 0.2) is 0 Å². The summed E-state index contributed by atoms with van der Waals surface area (Å²) in [5, 5.41) is 8.65. The second kappa shape index (κ2) is 9.17. The molecule has 0 saturated heterocycles. The zero-order valence-electron chi connectivity index (χ0n) is 11.0. The third-order valence-electron chi connectivity index (χ3n) is 3.04. The SMILES string of the molecule is CCCC[N+](C)(C)CCCCCCCO. The molecule has 0 aromatic heterocycles. The van der Waals surface area contributed by atoms with Crippen LogP contribution in [-0.4, -0.2) is 43.4 Å². The highest BCUT2D eigenvalue weighted by Gasteiger charge is 2.12. The lowest BCUT2D eigenvalue weighted by atomic mass is 10.1. The van der Waals surface area contributed by atoms with Crippen LogP contribution in [0, 0.1) is 0 Å². The quantitative estimate of drug-likeness (QED) is 0.440. The number of quaternary nitrogens is 1. The molecule has 0 heterocycles. The molecule has 0 saturated carbocycles. The lowest BCUT2D eigenvalue weighted by molar-refractivity contribution is -0.890. The summed E-state index contributed by atoms with van der Waals surface area (Å²) in [6, 6.07) is 0. The van der Waals surface area contributed by atoms with Crippen molar-refractivity contribution in [2.45, 2.75) is 51.9 Å². The molecular weight excluding hydrogens is 186 g/mol. The molecule has 0 radical (unpaired) electrons. The molecule has 92 valence electrons. The van der Waals surface area contributed by atoms with Crippen molar-refractivity contribution >= 4 is 0 Å². The summed E-state index contributed by atoms with van der Waals surface area (Å²) < 4.78 is 1.17. The van der Waals surface area contributed by atoms with Crippen molar-refractivity contribution in [1.82, 2.24) is 0 Å². The number of hydrogen-bond donors (Lipinski definition) is 1. The van der Waals surface area contributed by atoms with Crippen LogP contribution in [0.5, 0.6) is 0 Å². The molecule has 0 aromatic carbocycles. The maximum absolute atomic E-state index is 8.65. The van der Waals surface area contributed by atoms with Gasteiger partial charge in [-0.3, -0.25) is 0 Å². The molecule has 0 fully saturated rings. The van der Waals surface area contributed by atoms with Crippen molar-refractivity contribution < 1.29 is 9.59 Å². The standard InChI is InChI=1S/C13H30NO/c1-4-5-11-14(2,3)12-9-7-6-8-10-13-15/h15H,4-13H2,1-3H3/q+1. The fourth-order valence-electron chi connectivity index (χ4n) is 1.88. The molecule has 0 atom stereocenters. The maximum atomic E-state index is 8.65. The van der Waals surface area contributed by atoms with E-state index in [1.54, 1.807) is 0 Å². The fourth-order valence-corrected chi connectivity index (χ4v) is 1.88. The normalized spacial score (nSPS) is 12.0. The van der Waals surface area contributed by atoms with Crippen LogP contribution in [0.3, 0.4) is 0 Å². The molecule has 0 aromatic rings. The van der Waals surface area contributed by atoms with Crippen LogP contribution >= 0.6 is 0 Å². The third-order valence-corrected chi connectivity index (χ3v) is 3.04. The van der Waals surface area contributed by atoms with Crippen LogP contribution in [0.1, 0.15) is 51.9 Å². The van der Waals surface area contributed by atoms with E-state index in [-0.39, 0.29) is 0 Å². The minimum Gasteiger partial charge on any atom is -0.396 e. The predicted octanol–water partition coefficient (Wildman–Crippen LogP) is 2.81. The molecule has 2 nitrogen and oxygen atoms in total. The van der Waals surface area contributed by atoms with Crippen LogP contribution in [0.25, 0.3) is 0 Å². The number of aliphatic hydroxyl groups excluding tert-OH is 1. The second-order valence-corrected chi connectivity index (χ2v) is 5.23. The summed E-state index contributed by atoms with van der Waals surface area (Å²) >= 11 is 0. The molecule has 0 rings (SSSR count). The van der Waals surface area contributed by atoms with Crippen LogP contribution in [0.4, 0.5) is 0 Å². The molecule has 0 aliphatic heterocycles. The van der Waals surface area contributed by atoms with Gasteiger partial charge in [0.25, 0.3) is 0 Å². The van der Waals surface area contributed by atoms with Crippen LogP contribution < -0.4 is 0 Å². The van der Waals surface area contributed by atoms with E-state index in [1.165, 1.54) is 56.1 Å². The number of unbranched alkanes of at least 4 members (excludes halogenated alkanes) is 5. The number of aliphatic hydroxyl groups is 1. The summed E-state index contributed by atoms with van der Waals surface area (Å²) in [4.78, 5) is 0. The van der Waals surface area contributed by atoms with Gasteiger partial charge in [-0.1, -0.05) is 26.2 Å². The van der Waals surface area contributed by atoms with Gasteiger partial charge in [0.2, 0.25) is 0 Å². The van der Waals surface area contributed by atoms with Crippen molar-refractivity contribution in [2.75, 3.05) is 33.8 Å². The van der Waals surface area contributed by atoms with Gasteiger partial charge < -0.3 is 9.59 Å². The maximum Gasteiger partial charge on any atom is 0.0782 e. The van der Waals surface area contributed by atoms with Crippen LogP contribution in [-0.2, 0) is 0 Å². The van der Waals surface area contributed by atoms with E-state index in [9.17, 15) is 0 Å². The lowest BCUT2D eigenvalue weighted by Gasteiger charge is -2.29. The number of nitrogens with zero attached hydrogens (tertiary/aromatic N) is 1. The van der Waals surface area contributed by atoms with E-state index >= 15 is 0 Å². The highest BCUT2D eigenvalue weighted by atomic mass is 16.2. The molecular formula is C13H30NO+. The highest BCUT2D eigenvalue weighted by molar-refractivity contribution is 4.44. The Morgan fingerprint density at radius 3 is 1.93 bits per heavy atom. The summed E-state index contributed by atoms with van der Waals surface area (Å²) in [5.41, 5.74) is 0. The van der Waals surface area contributed by atoms with E-state index in [0.717, 1.165) is 6.42 Å². The molecule has 15 heavy (non-hydrogen) atoms. The number of rotatable bonds is 10. The van der Waals surface area contributed by atoms with Crippen molar-refractivity contribution in [3.8, 4) is 0 Å². The summed E-state index contributed by atoms with van der Waals surface area (Å²) in [7, 11) is 4.67. The molecule has 0 amide bonds. The molecule has 0 spiro atoms. The fraction of sp³-hybridized carbons (Fsp3) is 1.00. The third kappa shape index (κ3) is 10.2. The molecule has 0 aliphatic carbocycles. The average Bonchev–Trinajstić information content (AvgIpc) is 2.20. The Morgan fingerprint density at radius 2 is 1.33 bits per heavy atom. The first-order valence-corrected chi connectivity index (χ1v) is 6.55. The van der Waals surface area contributed by atoms with Crippen LogP contribution in [0.15, 0.2) is 0 Å². The van der Waals surface area contributed by atoms with E-state index < -0.39 is 0 Å². The topological polar surface area (TPSA) is 20.2 Å². The summed E-state index contributed by atoms with van der Waals surface area (Å²) in [5.74, 6) is 0. The largest absolute Gasteiger partial charge is 0.396 e. The van der Waals surface area contributed by atoms with Crippen LogP contribution in [0.2, 0.25) is 0 Å². The first-order valence-electron chi connectivity index (χ1n) is 6.55. The zero-order chi connectivity index (χ0) is 11.6. The molecule has 0 unspecified atom stereocenters. The minimum absolute atomic E-state index is 0.359. The van der Waals surface area contributed by atoms with Crippen molar-refractivity contribution in [3.05, 3.63) is 0 Å². The first-order chi connectivity index (χ1) is 7.12. The van der Waals surface area contributed by atoms with Gasteiger partial charge in [0.1, 0.15) is 0 Å². The van der Waals surface area contributed by atoms with Gasteiger partial charge >= 0.3 is 0 Å². The molecule has 1 N–H and O–H groups in total. The first kappa shape index (κ1) is 14.9. The highest BCUT2D eigenvalue weighted by Crippen LogP contribution is 2.08. The van der Waals surface area contributed by atoms with Gasteiger partial charge in [0.05, 0.1) is 27.2 Å². The Kier molecular flexibility index (Phi) is 9.12. The van der Waals surface area contributed by atoms with E-state index in [2.05, 4.69) is 21.0 Å². The predicted molar refractivity (Wildman–Crippen MR) is 66.9 cm³/mol.